The van der Waals surface area contributed by atoms with Crippen LogP contribution in [0.2, 0.25) is 0 Å². The summed E-state index contributed by atoms with van der Waals surface area (Å²) in [5, 5.41) is 3.16. The van der Waals surface area contributed by atoms with Crippen molar-refractivity contribution in [2.45, 2.75) is 38.5 Å². The molecule has 6 heteroatoms. The highest BCUT2D eigenvalue weighted by Gasteiger charge is 2.41. The van der Waals surface area contributed by atoms with Gasteiger partial charge in [0.05, 0.1) is 16.6 Å². The van der Waals surface area contributed by atoms with Crippen molar-refractivity contribution in [3.63, 3.8) is 0 Å². The highest BCUT2D eigenvalue weighted by Crippen LogP contribution is 2.39. The summed E-state index contributed by atoms with van der Waals surface area (Å²) < 4.78 is 7.81. The van der Waals surface area contributed by atoms with Gasteiger partial charge in [-0.1, -0.05) is 30.3 Å². The Morgan fingerprint density at radius 3 is 2.64 bits per heavy atom. The summed E-state index contributed by atoms with van der Waals surface area (Å²) in [6, 6.07) is 17.4. The van der Waals surface area contributed by atoms with E-state index in [1.165, 1.54) is 0 Å². The largest absolute Gasteiger partial charge is 0.486 e. The van der Waals surface area contributed by atoms with Crippen LogP contribution in [0, 0.1) is 5.92 Å². The molecule has 146 valence electrons. The molecule has 2 aromatic carbocycles. The normalized spacial score (nSPS) is 15.9. The van der Waals surface area contributed by atoms with Gasteiger partial charge < -0.3 is 20.4 Å². The van der Waals surface area contributed by atoms with Gasteiger partial charge in [-0.15, -0.1) is 0 Å². The minimum absolute atomic E-state index is 0.0519. The summed E-state index contributed by atoms with van der Waals surface area (Å²) in [5.74, 6) is 1.92. The molecule has 28 heavy (non-hydrogen) atoms. The van der Waals surface area contributed by atoms with Crippen LogP contribution in [0.25, 0.3) is 11.0 Å². The predicted molar refractivity (Wildman–Crippen MR) is 109 cm³/mol. The van der Waals surface area contributed by atoms with Gasteiger partial charge in [-0.3, -0.25) is 4.79 Å². The van der Waals surface area contributed by atoms with E-state index in [4.69, 9.17) is 10.5 Å². The Balaban J connectivity index is 1.55. The summed E-state index contributed by atoms with van der Waals surface area (Å²) in [6.07, 6.45) is 2.25. The van der Waals surface area contributed by atoms with Crippen LogP contribution in [0.4, 0.5) is 0 Å². The fraction of sp³-hybridized carbons (Fsp3) is 0.364. The molecule has 3 aromatic rings. The number of benzene rings is 2. The van der Waals surface area contributed by atoms with Gasteiger partial charge in [-0.25, -0.2) is 4.98 Å². The summed E-state index contributed by atoms with van der Waals surface area (Å²) in [7, 11) is 0. The van der Waals surface area contributed by atoms with E-state index in [-0.39, 0.29) is 18.0 Å². The number of aromatic nitrogens is 2. The van der Waals surface area contributed by atoms with Gasteiger partial charge in [0.2, 0.25) is 5.91 Å². The lowest BCUT2D eigenvalue weighted by atomic mass is 9.96. The van der Waals surface area contributed by atoms with Gasteiger partial charge in [0, 0.05) is 6.54 Å². The Morgan fingerprint density at radius 2 is 1.93 bits per heavy atom. The lowest BCUT2D eigenvalue weighted by Gasteiger charge is -2.29. The molecule has 0 spiro atoms. The number of para-hydroxylation sites is 3. The predicted octanol–water partition coefficient (Wildman–Crippen LogP) is 2.86. The zero-order chi connectivity index (χ0) is 19.6. The smallest absolute Gasteiger partial charge is 0.240 e. The summed E-state index contributed by atoms with van der Waals surface area (Å²) in [6.45, 7) is 2.96. The second kappa shape index (κ2) is 7.64. The number of nitrogens with two attached hydrogens (primary N) is 1. The first-order chi connectivity index (χ1) is 13.6. The third-order valence-corrected chi connectivity index (χ3v) is 5.47. The minimum atomic E-state index is -0.339. The van der Waals surface area contributed by atoms with Crippen LogP contribution < -0.4 is 15.8 Å². The maximum Gasteiger partial charge on any atom is 0.240 e. The Morgan fingerprint density at radius 1 is 1.21 bits per heavy atom. The number of amides is 1. The van der Waals surface area contributed by atoms with Crippen molar-refractivity contribution in [3.8, 4) is 5.75 Å². The number of hydrogen-bond acceptors (Lipinski definition) is 4. The molecule has 0 radical (unpaired) electrons. The van der Waals surface area contributed by atoms with Crippen LogP contribution in [0.15, 0.2) is 54.6 Å². The molecule has 0 bridgehead atoms. The second-order valence-corrected chi connectivity index (χ2v) is 7.65. The van der Waals surface area contributed by atoms with Gasteiger partial charge in [-0.05, 0) is 49.9 Å². The zero-order valence-electron chi connectivity index (χ0n) is 16.1. The number of carbonyl (C=O) groups excluding carboxylic acids is 1. The lowest BCUT2D eigenvalue weighted by molar-refractivity contribution is -0.123. The van der Waals surface area contributed by atoms with Crippen LogP contribution in [-0.2, 0) is 17.9 Å². The molecule has 1 aliphatic carbocycles. The van der Waals surface area contributed by atoms with E-state index >= 15 is 0 Å². The fourth-order valence-electron chi connectivity index (χ4n) is 3.62. The average Bonchev–Trinajstić information content (AvgIpc) is 3.52. The summed E-state index contributed by atoms with van der Waals surface area (Å²) >= 11 is 0. The SMILES string of the molecule is CC(CN)(NC(=O)Cn1c(COc2ccccc2)nc2ccccc21)C1CC1. The summed E-state index contributed by atoms with van der Waals surface area (Å²) in [4.78, 5) is 17.5. The highest BCUT2D eigenvalue weighted by atomic mass is 16.5. The van der Waals surface area contributed by atoms with E-state index in [1.54, 1.807) is 0 Å². The van der Waals surface area contributed by atoms with E-state index in [2.05, 4.69) is 10.3 Å². The maximum atomic E-state index is 12.8. The van der Waals surface area contributed by atoms with E-state index in [1.807, 2.05) is 66.1 Å². The van der Waals surface area contributed by atoms with E-state index < -0.39 is 0 Å². The van der Waals surface area contributed by atoms with E-state index in [9.17, 15) is 4.79 Å². The van der Waals surface area contributed by atoms with Crippen LogP contribution in [0.5, 0.6) is 5.75 Å². The van der Waals surface area contributed by atoms with Crippen LogP contribution in [0.1, 0.15) is 25.6 Å². The first kappa shape index (κ1) is 18.5. The molecule has 1 fully saturated rings. The third kappa shape index (κ3) is 3.87. The number of nitrogens with one attached hydrogen (secondary N) is 1. The third-order valence-electron chi connectivity index (χ3n) is 5.47. The topological polar surface area (TPSA) is 82.2 Å². The number of ether oxygens (including phenoxy) is 1. The standard InChI is InChI=1S/C22H26N4O2/c1-22(15-23,16-11-12-16)25-21(27)13-26-19-10-6-5-9-18(19)24-20(26)14-28-17-7-3-2-4-8-17/h2-10,16H,11-15,23H2,1H3,(H,25,27). The van der Waals surface area contributed by atoms with Gasteiger partial charge in [-0.2, -0.15) is 0 Å². The molecule has 1 aliphatic rings. The number of carbonyl (C=O) groups is 1. The first-order valence-corrected chi connectivity index (χ1v) is 9.72. The molecule has 1 saturated carbocycles. The molecule has 1 atom stereocenters. The van der Waals surface area contributed by atoms with Gasteiger partial charge in [0.15, 0.2) is 0 Å². The molecular weight excluding hydrogens is 352 g/mol. The Bertz CT molecular complexity index is 965. The van der Waals surface area contributed by atoms with Gasteiger partial charge in [0.25, 0.3) is 0 Å². The quantitative estimate of drug-likeness (QED) is 0.631. The molecule has 1 unspecified atom stereocenters. The molecule has 1 heterocycles. The molecule has 1 amide bonds. The summed E-state index contributed by atoms with van der Waals surface area (Å²) in [5.41, 5.74) is 7.38. The molecular formula is C22H26N4O2. The van der Waals surface area contributed by atoms with Crippen molar-refractivity contribution < 1.29 is 9.53 Å². The lowest BCUT2D eigenvalue weighted by Crippen LogP contribution is -2.54. The maximum absolute atomic E-state index is 12.8. The van der Waals surface area contributed by atoms with Crippen LogP contribution in [-0.4, -0.2) is 27.5 Å². The van der Waals surface area contributed by atoms with Crippen LogP contribution >= 0.6 is 0 Å². The van der Waals surface area contributed by atoms with Gasteiger partial charge in [0.1, 0.15) is 24.7 Å². The van der Waals surface area contributed by atoms with Crippen molar-refractivity contribution in [2.24, 2.45) is 11.7 Å². The van der Waals surface area contributed by atoms with E-state index in [0.29, 0.717) is 19.1 Å². The number of hydrogen-bond donors (Lipinski definition) is 2. The average molecular weight is 378 g/mol. The Kier molecular flexibility index (Phi) is 5.05. The Labute approximate surface area is 164 Å². The van der Waals surface area contributed by atoms with Crippen molar-refractivity contribution in [2.75, 3.05) is 6.54 Å². The number of fused-ring (bicyclic) bond motifs is 1. The molecule has 4 rings (SSSR count). The zero-order valence-corrected chi connectivity index (χ0v) is 16.1. The van der Waals surface area contributed by atoms with Crippen molar-refractivity contribution in [1.82, 2.24) is 14.9 Å². The fourth-order valence-corrected chi connectivity index (χ4v) is 3.62. The van der Waals surface area contributed by atoms with E-state index in [0.717, 1.165) is 35.4 Å². The van der Waals surface area contributed by atoms with Crippen molar-refractivity contribution >= 4 is 16.9 Å². The van der Waals surface area contributed by atoms with Crippen molar-refractivity contribution in [3.05, 3.63) is 60.4 Å². The van der Waals surface area contributed by atoms with Crippen LogP contribution in [0.3, 0.4) is 0 Å². The number of imidazole rings is 1. The molecule has 0 aliphatic heterocycles. The second-order valence-electron chi connectivity index (χ2n) is 7.65. The Hall–Kier alpha value is -2.86. The molecule has 0 saturated heterocycles. The van der Waals surface area contributed by atoms with Gasteiger partial charge >= 0.3 is 0 Å². The number of rotatable bonds is 8. The first-order valence-electron chi connectivity index (χ1n) is 9.72. The number of nitrogens with zero attached hydrogens (tertiary/aromatic N) is 2. The molecule has 1 aromatic heterocycles. The highest BCUT2D eigenvalue weighted by molar-refractivity contribution is 5.81. The molecule has 3 N–H and O–H groups in total. The van der Waals surface area contributed by atoms with Crippen molar-refractivity contribution in [1.29, 1.82) is 0 Å². The monoisotopic (exact) mass is 378 g/mol. The minimum Gasteiger partial charge on any atom is -0.486 e. The molecule has 6 nitrogen and oxygen atoms in total.